The van der Waals surface area contributed by atoms with Crippen molar-refractivity contribution >= 4 is 17.0 Å². The van der Waals surface area contributed by atoms with Crippen LogP contribution in [0.4, 0.5) is 5.69 Å². The van der Waals surface area contributed by atoms with Gasteiger partial charge >= 0.3 is 5.69 Å². The molecule has 0 atom stereocenters. The van der Waals surface area contributed by atoms with Gasteiger partial charge in [0.15, 0.2) is 5.75 Å². The zero-order valence-corrected chi connectivity index (χ0v) is 12.6. The second kappa shape index (κ2) is 7.14. The highest BCUT2D eigenvalue weighted by Gasteiger charge is 2.16. The topological polar surface area (TPSA) is 91.3 Å². The molecule has 112 valence electrons. The van der Waals surface area contributed by atoms with Crippen molar-refractivity contribution in [2.75, 3.05) is 0 Å². The van der Waals surface area contributed by atoms with Crippen molar-refractivity contribution in [3.05, 3.63) is 50.0 Å². The zero-order chi connectivity index (χ0) is 15.2. The molecule has 7 heteroatoms. The predicted octanol–water partition coefficient (Wildman–Crippen LogP) is 3.04. The smallest absolute Gasteiger partial charge is 0.311 e. The monoisotopic (exact) mass is 307 g/mol. The first-order chi connectivity index (χ1) is 10.1. The summed E-state index contributed by atoms with van der Waals surface area (Å²) in [5, 5.41) is 14.0. The summed E-state index contributed by atoms with van der Waals surface area (Å²) in [6, 6.07) is 4.75. The van der Waals surface area contributed by atoms with E-state index in [2.05, 4.69) is 11.9 Å². The number of nitrogens with zero attached hydrogens (tertiary/aromatic N) is 2. The van der Waals surface area contributed by atoms with Gasteiger partial charge in [0.1, 0.15) is 6.61 Å². The summed E-state index contributed by atoms with van der Waals surface area (Å²) in [4.78, 5) is 15.0. The minimum atomic E-state index is -0.460. The standard InChI is InChI=1S/C14H17N3O3S/c1-2-3-14-16-11(9-21-14)8-20-13-5-4-10(7-15)6-12(13)17(18)19/h4-6,9H,2-3,7-8,15H2,1H3. The maximum atomic E-state index is 11.1. The van der Waals surface area contributed by atoms with E-state index in [4.69, 9.17) is 10.5 Å². The minimum Gasteiger partial charge on any atom is -0.480 e. The van der Waals surface area contributed by atoms with Gasteiger partial charge in [-0.15, -0.1) is 11.3 Å². The van der Waals surface area contributed by atoms with Gasteiger partial charge in [-0.3, -0.25) is 10.1 Å². The molecule has 21 heavy (non-hydrogen) atoms. The number of benzene rings is 1. The average molecular weight is 307 g/mol. The van der Waals surface area contributed by atoms with Gasteiger partial charge in [-0.05, 0) is 24.5 Å². The van der Waals surface area contributed by atoms with Crippen LogP contribution in [0.5, 0.6) is 5.75 Å². The molecular formula is C14H17N3O3S. The van der Waals surface area contributed by atoms with Gasteiger partial charge < -0.3 is 10.5 Å². The molecule has 0 bridgehead atoms. The van der Waals surface area contributed by atoms with Crippen LogP contribution in [-0.4, -0.2) is 9.91 Å². The molecule has 0 aliphatic carbocycles. The highest BCUT2D eigenvalue weighted by Crippen LogP contribution is 2.28. The highest BCUT2D eigenvalue weighted by atomic mass is 32.1. The van der Waals surface area contributed by atoms with Crippen LogP contribution in [-0.2, 0) is 19.6 Å². The van der Waals surface area contributed by atoms with Gasteiger partial charge in [0.2, 0.25) is 0 Å². The van der Waals surface area contributed by atoms with E-state index in [1.54, 1.807) is 23.5 Å². The fraction of sp³-hybridized carbons (Fsp3) is 0.357. The molecule has 1 heterocycles. The van der Waals surface area contributed by atoms with Gasteiger partial charge in [-0.1, -0.05) is 13.0 Å². The van der Waals surface area contributed by atoms with Crippen LogP contribution in [0.2, 0.25) is 0 Å². The number of nitro benzene ring substituents is 1. The van der Waals surface area contributed by atoms with Gasteiger partial charge in [-0.25, -0.2) is 4.98 Å². The van der Waals surface area contributed by atoms with Crippen LogP contribution in [0.3, 0.4) is 0 Å². The van der Waals surface area contributed by atoms with E-state index in [1.807, 2.05) is 5.38 Å². The van der Waals surface area contributed by atoms with E-state index in [1.165, 1.54) is 6.07 Å². The molecule has 6 nitrogen and oxygen atoms in total. The fourth-order valence-electron chi connectivity index (χ4n) is 1.85. The van der Waals surface area contributed by atoms with Crippen LogP contribution < -0.4 is 10.5 Å². The Hall–Kier alpha value is -1.99. The fourth-order valence-corrected chi connectivity index (χ4v) is 2.74. The summed E-state index contributed by atoms with van der Waals surface area (Å²) < 4.78 is 5.54. The Kier molecular flexibility index (Phi) is 5.24. The van der Waals surface area contributed by atoms with Crippen LogP contribution in [0, 0.1) is 10.1 Å². The Morgan fingerprint density at radius 1 is 1.48 bits per heavy atom. The summed E-state index contributed by atoms with van der Waals surface area (Å²) in [5.41, 5.74) is 6.92. The predicted molar refractivity (Wildman–Crippen MR) is 81.4 cm³/mol. The van der Waals surface area contributed by atoms with Crippen molar-refractivity contribution < 1.29 is 9.66 Å². The largest absolute Gasteiger partial charge is 0.480 e. The van der Waals surface area contributed by atoms with Crippen LogP contribution >= 0.6 is 11.3 Å². The number of hydrogen-bond acceptors (Lipinski definition) is 6. The van der Waals surface area contributed by atoms with Crippen LogP contribution in [0.25, 0.3) is 0 Å². The Bertz CT molecular complexity index is 628. The van der Waals surface area contributed by atoms with Gasteiger partial charge in [0.05, 0.1) is 15.6 Å². The summed E-state index contributed by atoms with van der Waals surface area (Å²) in [6.07, 6.45) is 1.98. The molecule has 2 N–H and O–H groups in total. The van der Waals surface area contributed by atoms with E-state index in [-0.39, 0.29) is 24.6 Å². The van der Waals surface area contributed by atoms with Crippen molar-refractivity contribution in [2.45, 2.75) is 32.9 Å². The Balaban J connectivity index is 2.09. The number of hydrogen-bond donors (Lipinski definition) is 1. The van der Waals surface area contributed by atoms with E-state index in [9.17, 15) is 10.1 Å². The summed E-state index contributed by atoms with van der Waals surface area (Å²) in [5.74, 6) is 0.238. The van der Waals surface area contributed by atoms with Gasteiger partial charge in [0, 0.05) is 18.0 Å². The molecule has 0 unspecified atom stereocenters. The summed E-state index contributed by atoms with van der Waals surface area (Å²) in [7, 11) is 0. The lowest BCUT2D eigenvalue weighted by molar-refractivity contribution is -0.386. The normalized spacial score (nSPS) is 10.6. The SMILES string of the molecule is CCCc1nc(COc2ccc(CN)cc2[N+](=O)[O-])cs1. The van der Waals surface area contributed by atoms with Crippen molar-refractivity contribution in [1.82, 2.24) is 4.98 Å². The first-order valence-electron chi connectivity index (χ1n) is 6.67. The maximum Gasteiger partial charge on any atom is 0.311 e. The second-order valence-electron chi connectivity index (χ2n) is 4.53. The number of nitro groups is 1. The molecule has 0 radical (unpaired) electrons. The first-order valence-corrected chi connectivity index (χ1v) is 7.55. The van der Waals surface area contributed by atoms with Crippen molar-refractivity contribution in [1.29, 1.82) is 0 Å². The number of rotatable bonds is 7. The van der Waals surface area contributed by atoms with Gasteiger partial charge in [-0.2, -0.15) is 0 Å². The molecule has 2 aromatic rings. The molecule has 0 saturated heterocycles. The number of aromatic nitrogens is 1. The third-order valence-corrected chi connectivity index (χ3v) is 3.85. The molecule has 0 spiro atoms. The molecule has 1 aromatic carbocycles. The van der Waals surface area contributed by atoms with Gasteiger partial charge in [0.25, 0.3) is 0 Å². The number of ether oxygens (including phenoxy) is 1. The van der Waals surface area contributed by atoms with E-state index < -0.39 is 4.92 Å². The number of nitrogens with two attached hydrogens (primary N) is 1. The second-order valence-corrected chi connectivity index (χ2v) is 5.48. The van der Waals surface area contributed by atoms with Crippen molar-refractivity contribution in [3.8, 4) is 5.75 Å². The number of aryl methyl sites for hydroxylation is 1. The molecule has 1 aromatic heterocycles. The Morgan fingerprint density at radius 3 is 2.95 bits per heavy atom. The molecular weight excluding hydrogens is 290 g/mol. The first kappa shape index (κ1) is 15.4. The average Bonchev–Trinajstić information content (AvgIpc) is 2.93. The molecule has 0 amide bonds. The van der Waals surface area contributed by atoms with Crippen molar-refractivity contribution in [3.63, 3.8) is 0 Å². The summed E-state index contributed by atoms with van der Waals surface area (Å²) >= 11 is 1.58. The molecule has 0 saturated carbocycles. The molecule has 0 fully saturated rings. The Morgan fingerprint density at radius 2 is 2.29 bits per heavy atom. The van der Waals surface area contributed by atoms with E-state index >= 15 is 0 Å². The lowest BCUT2D eigenvalue weighted by Gasteiger charge is -2.06. The highest BCUT2D eigenvalue weighted by molar-refractivity contribution is 7.09. The van der Waals surface area contributed by atoms with Crippen LogP contribution in [0.15, 0.2) is 23.6 Å². The van der Waals surface area contributed by atoms with E-state index in [0.717, 1.165) is 23.5 Å². The maximum absolute atomic E-state index is 11.1. The summed E-state index contributed by atoms with van der Waals surface area (Å²) in [6.45, 7) is 2.58. The molecule has 0 aliphatic heterocycles. The Labute approximate surface area is 126 Å². The zero-order valence-electron chi connectivity index (χ0n) is 11.7. The lowest BCUT2D eigenvalue weighted by Crippen LogP contribution is -2.02. The van der Waals surface area contributed by atoms with E-state index in [0.29, 0.717) is 5.56 Å². The third-order valence-electron chi connectivity index (χ3n) is 2.89. The van der Waals surface area contributed by atoms with Crippen molar-refractivity contribution in [2.24, 2.45) is 5.73 Å². The lowest BCUT2D eigenvalue weighted by atomic mass is 10.2. The molecule has 0 aliphatic rings. The molecule has 2 rings (SSSR count). The third kappa shape index (κ3) is 3.99. The quantitative estimate of drug-likeness (QED) is 0.627. The minimum absolute atomic E-state index is 0.0676. The van der Waals surface area contributed by atoms with Crippen LogP contribution in [0.1, 0.15) is 29.6 Å². The number of thiazole rings is 1.